The molecule has 0 aliphatic carbocycles. The molecule has 4 heteroatoms. The van der Waals surface area contributed by atoms with E-state index in [1.807, 2.05) is 13.0 Å². The van der Waals surface area contributed by atoms with Crippen LogP contribution in [0, 0.1) is 0 Å². The summed E-state index contributed by atoms with van der Waals surface area (Å²) in [4.78, 5) is 11.8. The number of methoxy groups -OCH3 is 1. The van der Waals surface area contributed by atoms with Crippen LogP contribution >= 0.6 is 0 Å². The van der Waals surface area contributed by atoms with E-state index in [4.69, 9.17) is 4.74 Å². The monoisotopic (exact) mass is 204 g/mol. The van der Waals surface area contributed by atoms with Crippen molar-refractivity contribution in [3.8, 4) is 5.75 Å². The molecular weight excluding hydrogens is 192 g/mol. The number of fused-ring (bicyclic) bond motifs is 1. The Morgan fingerprint density at radius 3 is 2.93 bits per heavy atom. The van der Waals surface area contributed by atoms with Crippen LogP contribution < -0.4 is 10.3 Å². The highest BCUT2D eigenvalue weighted by atomic mass is 16.5. The molecule has 1 heterocycles. The van der Waals surface area contributed by atoms with Crippen molar-refractivity contribution in [1.82, 2.24) is 9.78 Å². The zero-order chi connectivity index (χ0) is 10.8. The minimum absolute atomic E-state index is 0.0577. The topological polar surface area (TPSA) is 44.1 Å². The van der Waals surface area contributed by atoms with E-state index in [0.29, 0.717) is 11.9 Å². The largest absolute Gasteiger partial charge is 0.497 e. The van der Waals surface area contributed by atoms with Crippen molar-refractivity contribution in [3.05, 3.63) is 34.7 Å². The number of aromatic nitrogens is 2. The molecule has 0 radical (unpaired) electrons. The molecule has 0 bridgehead atoms. The summed E-state index contributed by atoms with van der Waals surface area (Å²) in [5.74, 6) is 0.734. The van der Waals surface area contributed by atoms with Gasteiger partial charge < -0.3 is 4.74 Å². The molecule has 1 aromatic heterocycles. The Labute approximate surface area is 87.1 Å². The number of nitrogens with zero attached hydrogens (tertiary/aromatic N) is 2. The summed E-state index contributed by atoms with van der Waals surface area (Å²) in [6.07, 6.45) is 1.68. The van der Waals surface area contributed by atoms with Crippen molar-refractivity contribution < 1.29 is 4.74 Å². The third kappa shape index (κ3) is 1.58. The first-order valence-electron chi connectivity index (χ1n) is 4.80. The summed E-state index contributed by atoms with van der Waals surface area (Å²) < 4.78 is 6.52. The molecule has 1 aromatic carbocycles. The van der Waals surface area contributed by atoms with Gasteiger partial charge >= 0.3 is 0 Å². The van der Waals surface area contributed by atoms with Gasteiger partial charge in [-0.05, 0) is 25.1 Å². The van der Waals surface area contributed by atoms with Gasteiger partial charge in [0.25, 0.3) is 5.56 Å². The zero-order valence-electron chi connectivity index (χ0n) is 8.73. The first kappa shape index (κ1) is 9.71. The third-order valence-corrected chi connectivity index (χ3v) is 2.36. The predicted molar refractivity (Wildman–Crippen MR) is 58.2 cm³/mol. The molecule has 0 atom stereocenters. The average Bonchev–Trinajstić information content (AvgIpc) is 2.29. The molecule has 0 aliphatic heterocycles. The minimum Gasteiger partial charge on any atom is -0.497 e. The molecule has 0 fully saturated rings. The number of hydrogen-bond donors (Lipinski definition) is 0. The number of aryl methyl sites for hydroxylation is 1. The number of rotatable bonds is 2. The van der Waals surface area contributed by atoms with Crippen LogP contribution in [0.25, 0.3) is 10.8 Å². The zero-order valence-corrected chi connectivity index (χ0v) is 8.73. The quantitative estimate of drug-likeness (QED) is 0.743. The Balaban J connectivity index is 2.74. The fourth-order valence-electron chi connectivity index (χ4n) is 1.52. The van der Waals surface area contributed by atoms with E-state index < -0.39 is 0 Å². The molecule has 2 aromatic rings. The normalized spacial score (nSPS) is 10.5. The van der Waals surface area contributed by atoms with Crippen LogP contribution in [-0.4, -0.2) is 16.9 Å². The summed E-state index contributed by atoms with van der Waals surface area (Å²) >= 11 is 0. The molecule has 0 saturated heterocycles. The van der Waals surface area contributed by atoms with Crippen LogP contribution in [0.4, 0.5) is 0 Å². The van der Waals surface area contributed by atoms with Gasteiger partial charge in [-0.15, -0.1) is 0 Å². The molecule has 4 nitrogen and oxygen atoms in total. The summed E-state index contributed by atoms with van der Waals surface area (Å²) in [7, 11) is 1.60. The maximum Gasteiger partial charge on any atom is 0.274 e. The van der Waals surface area contributed by atoms with Gasteiger partial charge in [0, 0.05) is 11.9 Å². The number of ether oxygens (including phenoxy) is 1. The van der Waals surface area contributed by atoms with Crippen LogP contribution in [0.15, 0.2) is 29.2 Å². The van der Waals surface area contributed by atoms with E-state index in [-0.39, 0.29) is 5.56 Å². The fraction of sp³-hybridized carbons (Fsp3) is 0.273. The lowest BCUT2D eigenvalue weighted by Crippen LogP contribution is -2.21. The lowest BCUT2D eigenvalue weighted by atomic mass is 10.2. The summed E-state index contributed by atoms with van der Waals surface area (Å²) in [5.41, 5.74) is -0.0577. The van der Waals surface area contributed by atoms with E-state index >= 15 is 0 Å². The molecule has 15 heavy (non-hydrogen) atoms. The molecule has 0 saturated carbocycles. The maximum atomic E-state index is 11.8. The Hall–Kier alpha value is -1.84. The summed E-state index contributed by atoms with van der Waals surface area (Å²) in [6, 6.07) is 5.36. The van der Waals surface area contributed by atoms with Crippen LogP contribution in [0.2, 0.25) is 0 Å². The van der Waals surface area contributed by atoms with E-state index in [9.17, 15) is 4.79 Å². The van der Waals surface area contributed by atoms with Gasteiger partial charge in [-0.25, -0.2) is 4.68 Å². The lowest BCUT2D eigenvalue weighted by molar-refractivity contribution is 0.415. The van der Waals surface area contributed by atoms with Gasteiger partial charge in [0.05, 0.1) is 18.7 Å². The highest BCUT2D eigenvalue weighted by Gasteiger charge is 2.03. The summed E-state index contributed by atoms with van der Waals surface area (Å²) in [5, 5.41) is 5.53. The molecule has 78 valence electrons. The molecular formula is C11H12N2O2. The Bertz CT molecular complexity index is 546. The molecule has 0 spiro atoms. The standard InChI is InChI=1S/C11H12N2O2/c1-3-13-11(14)10-5-4-9(15-2)6-8(10)7-12-13/h4-7H,3H2,1-2H3. The van der Waals surface area contributed by atoms with Gasteiger partial charge in [-0.2, -0.15) is 5.10 Å². The van der Waals surface area contributed by atoms with Gasteiger partial charge in [-0.3, -0.25) is 4.79 Å². The molecule has 0 amide bonds. The average molecular weight is 204 g/mol. The van der Waals surface area contributed by atoms with E-state index in [1.165, 1.54) is 4.68 Å². The molecule has 0 aliphatic rings. The second-order valence-corrected chi connectivity index (χ2v) is 3.22. The Morgan fingerprint density at radius 2 is 2.27 bits per heavy atom. The first-order valence-corrected chi connectivity index (χ1v) is 4.80. The van der Waals surface area contributed by atoms with Crippen LogP contribution in [-0.2, 0) is 6.54 Å². The van der Waals surface area contributed by atoms with Gasteiger partial charge in [0.15, 0.2) is 0 Å². The van der Waals surface area contributed by atoms with Gasteiger partial charge in [0.2, 0.25) is 0 Å². The number of hydrogen-bond acceptors (Lipinski definition) is 3. The van der Waals surface area contributed by atoms with Crippen molar-refractivity contribution in [2.75, 3.05) is 7.11 Å². The Morgan fingerprint density at radius 1 is 1.47 bits per heavy atom. The van der Waals surface area contributed by atoms with E-state index in [1.54, 1.807) is 25.4 Å². The van der Waals surface area contributed by atoms with Crippen molar-refractivity contribution in [2.24, 2.45) is 0 Å². The first-order chi connectivity index (χ1) is 7.26. The van der Waals surface area contributed by atoms with Crippen molar-refractivity contribution >= 4 is 10.8 Å². The molecule has 0 unspecified atom stereocenters. The molecule has 0 N–H and O–H groups in total. The fourth-order valence-corrected chi connectivity index (χ4v) is 1.52. The second kappa shape index (κ2) is 3.73. The maximum absolute atomic E-state index is 11.8. The van der Waals surface area contributed by atoms with Crippen molar-refractivity contribution in [2.45, 2.75) is 13.5 Å². The van der Waals surface area contributed by atoms with Gasteiger partial charge in [0.1, 0.15) is 5.75 Å². The second-order valence-electron chi connectivity index (χ2n) is 3.22. The third-order valence-electron chi connectivity index (χ3n) is 2.36. The minimum atomic E-state index is -0.0577. The smallest absolute Gasteiger partial charge is 0.274 e. The lowest BCUT2D eigenvalue weighted by Gasteiger charge is -2.04. The number of benzene rings is 1. The van der Waals surface area contributed by atoms with Gasteiger partial charge in [-0.1, -0.05) is 0 Å². The summed E-state index contributed by atoms with van der Waals surface area (Å²) in [6.45, 7) is 2.48. The highest BCUT2D eigenvalue weighted by molar-refractivity contribution is 5.82. The highest BCUT2D eigenvalue weighted by Crippen LogP contribution is 2.16. The van der Waals surface area contributed by atoms with Crippen molar-refractivity contribution in [3.63, 3.8) is 0 Å². The SMILES string of the molecule is CCn1ncc2cc(OC)ccc2c1=O. The van der Waals surface area contributed by atoms with E-state index in [0.717, 1.165) is 11.1 Å². The van der Waals surface area contributed by atoms with Crippen LogP contribution in [0.1, 0.15) is 6.92 Å². The molecule has 2 rings (SSSR count). The van der Waals surface area contributed by atoms with E-state index in [2.05, 4.69) is 5.10 Å². The van der Waals surface area contributed by atoms with Crippen molar-refractivity contribution in [1.29, 1.82) is 0 Å². The Kier molecular flexibility index (Phi) is 2.41. The van der Waals surface area contributed by atoms with Crippen LogP contribution in [0.5, 0.6) is 5.75 Å². The predicted octanol–water partition coefficient (Wildman–Crippen LogP) is 1.43. The van der Waals surface area contributed by atoms with Crippen LogP contribution in [0.3, 0.4) is 0 Å².